The van der Waals surface area contributed by atoms with Crippen LogP contribution in [0.1, 0.15) is 54.3 Å². The van der Waals surface area contributed by atoms with Crippen molar-refractivity contribution in [3.05, 3.63) is 63.8 Å². The summed E-state index contributed by atoms with van der Waals surface area (Å²) in [7, 11) is 0. The number of hydrogen-bond donors (Lipinski definition) is 1. The first-order valence-corrected chi connectivity index (χ1v) is 13.0. The standard InChI is InChI=1S/C27H31BrN2O3.CH2O/c1-18-19(8-7-12-22(18)28)14-15-30-26(31)25-24(21-11-5-6-13-23(21)33-25)32-17-27(30,2)16-29-20-9-3-4-10-20;1-2/h5-8,11-13,20,29H,3-4,9-10,14-17H2,1-2H3;1H2. The number of benzene rings is 2. The van der Waals surface area contributed by atoms with Crippen molar-refractivity contribution in [2.75, 3.05) is 19.7 Å². The van der Waals surface area contributed by atoms with Gasteiger partial charge in [0, 0.05) is 23.6 Å². The number of carbonyl (C=O) groups excluding carboxylic acids is 2. The summed E-state index contributed by atoms with van der Waals surface area (Å²) in [4.78, 5) is 23.9. The Bertz CT molecular complexity index is 1190. The van der Waals surface area contributed by atoms with Crippen molar-refractivity contribution in [1.82, 2.24) is 10.2 Å². The van der Waals surface area contributed by atoms with Gasteiger partial charge in [0.05, 0.1) is 10.9 Å². The smallest absolute Gasteiger partial charge is 0.294 e. The number of furan rings is 1. The third-order valence-electron chi connectivity index (χ3n) is 7.28. The first-order valence-electron chi connectivity index (χ1n) is 12.2. The second-order valence-electron chi connectivity index (χ2n) is 9.64. The van der Waals surface area contributed by atoms with Crippen LogP contribution in [0.25, 0.3) is 11.0 Å². The van der Waals surface area contributed by atoms with Gasteiger partial charge in [-0.15, -0.1) is 0 Å². The van der Waals surface area contributed by atoms with Gasteiger partial charge in [-0.05, 0) is 62.4 Å². The number of ether oxygens (including phenoxy) is 1. The van der Waals surface area contributed by atoms with Gasteiger partial charge in [-0.25, -0.2) is 0 Å². The largest absolute Gasteiger partial charge is 0.486 e. The molecule has 0 bridgehead atoms. The van der Waals surface area contributed by atoms with E-state index in [1.807, 2.05) is 36.0 Å². The molecule has 6 nitrogen and oxygen atoms in total. The molecule has 1 saturated carbocycles. The molecule has 0 saturated heterocycles. The van der Waals surface area contributed by atoms with Crippen LogP contribution in [0.4, 0.5) is 0 Å². The lowest BCUT2D eigenvalue weighted by Crippen LogP contribution is -2.59. The molecule has 186 valence electrons. The topological polar surface area (TPSA) is 71.8 Å². The minimum Gasteiger partial charge on any atom is -0.486 e. The molecule has 0 spiro atoms. The van der Waals surface area contributed by atoms with Crippen LogP contribution >= 0.6 is 15.9 Å². The zero-order valence-corrected chi connectivity index (χ0v) is 22.0. The van der Waals surface area contributed by atoms with Gasteiger partial charge in [-0.2, -0.15) is 0 Å². The van der Waals surface area contributed by atoms with Gasteiger partial charge < -0.3 is 24.2 Å². The van der Waals surface area contributed by atoms with Crippen molar-refractivity contribution in [2.24, 2.45) is 0 Å². The van der Waals surface area contributed by atoms with Crippen molar-refractivity contribution in [3.8, 4) is 5.75 Å². The molecule has 2 heterocycles. The quantitative estimate of drug-likeness (QED) is 0.435. The van der Waals surface area contributed by atoms with Crippen LogP contribution < -0.4 is 10.1 Å². The highest BCUT2D eigenvalue weighted by Gasteiger charge is 2.43. The SMILES string of the molecule is C=O.Cc1c(Br)cccc1CCN1C(=O)c2oc3ccccc3c2OCC1(C)CNC1CCCC1. The molecule has 1 aliphatic carbocycles. The fraction of sp³-hybridized carbons (Fsp3) is 0.429. The Kier molecular flexibility index (Phi) is 7.97. The molecule has 1 N–H and O–H groups in total. The van der Waals surface area contributed by atoms with Gasteiger partial charge in [0.1, 0.15) is 19.0 Å². The minimum atomic E-state index is -0.484. The molecular formula is C28H33BrN2O4. The van der Waals surface area contributed by atoms with Gasteiger partial charge in [0.15, 0.2) is 5.75 Å². The molecule has 1 unspecified atom stereocenters. The molecule has 5 rings (SSSR count). The first kappa shape index (κ1) is 25.5. The molecule has 35 heavy (non-hydrogen) atoms. The average Bonchev–Trinajstić information content (AvgIpc) is 3.51. The van der Waals surface area contributed by atoms with Gasteiger partial charge >= 0.3 is 0 Å². The fourth-order valence-corrected chi connectivity index (χ4v) is 5.55. The van der Waals surface area contributed by atoms with Gasteiger partial charge in [0.25, 0.3) is 5.91 Å². The van der Waals surface area contributed by atoms with E-state index >= 15 is 0 Å². The molecule has 1 aliphatic heterocycles. The Labute approximate surface area is 215 Å². The van der Waals surface area contributed by atoms with Crippen LogP contribution in [0.15, 0.2) is 51.4 Å². The molecule has 7 heteroatoms. The molecule has 1 amide bonds. The Morgan fingerprint density at radius 1 is 1.14 bits per heavy atom. The van der Waals surface area contributed by atoms with Crippen LogP contribution in [0.5, 0.6) is 5.75 Å². The summed E-state index contributed by atoms with van der Waals surface area (Å²) in [5.74, 6) is 0.789. The molecule has 2 aliphatic rings. The molecule has 0 radical (unpaired) electrons. The number of amides is 1. The van der Waals surface area contributed by atoms with Crippen LogP contribution in [0, 0.1) is 6.92 Å². The van der Waals surface area contributed by atoms with E-state index in [2.05, 4.69) is 53.3 Å². The number of fused-ring (bicyclic) bond motifs is 3. The number of nitrogens with zero attached hydrogens (tertiary/aromatic N) is 1. The molecule has 1 atom stereocenters. The third kappa shape index (κ3) is 5.16. The summed E-state index contributed by atoms with van der Waals surface area (Å²) >= 11 is 3.64. The highest BCUT2D eigenvalue weighted by atomic mass is 79.9. The molecule has 2 aromatic carbocycles. The minimum absolute atomic E-state index is 0.0953. The number of rotatable bonds is 6. The molecular weight excluding hydrogens is 508 g/mol. The maximum atomic E-state index is 13.9. The lowest BCUT2D eigenvalue weighted by atomic mass is 9.98. The summed E-state index contributed by atoms with van der Waals surface area (Å²) in [5, 5.41) is 4.59. The second kappa shape index (κ2) is 11.0. The fourth-order valence-electron chi connectivity index (χ4n) is 5.15. The Morgan fingerprint density at radius 3 is 2.66 bits per heavy atom. The average molecular weight is 541 g/mol. The summed E-state index contributed by atoms with van der Waals surface area (Å²) < 4.78 is 13.5. The Hall–Kier alpha value is -2.64. The van der Waals surface area contributed by atoms with Crippen LogP contribution in [0.2, 0.25) is 0 Å². The highest BCUT2D eigenvalue weighted by molar-refractivity contribution is 9.10. The first-order chi connectivity index (χ1) is 17.0. The summed E-state index contributed by atoms with van der Waals surface area (Å²) in [6.45, 7) is 7.97. The number of carbonyl (C=O) groups is 2. The van der Waals surface area contributed by atoms with Crippen LogP contribution in [0.3, 0.4) is 0 Å². The van der Waals surface area contributed by atoms with E-state index < -0.39 is 5.54 Å². The number of hydrogen-bond acceptors (Lipinski definition) is 5. The second-order valence-corrected chi connectivity index (χ2v) is 10.5. The van der Waals surface area contributed by atoms with E-state index in [0.29, 0.717) is 42.8 Å². The molecule has 1 aromatic heterocycles. The monoisotopic (exact) mass is 540 g/mol. The van der Waals surface area contributed by atoms with E-state index in [1.165, 1.54) is 36.8 Å². The Balaban J connectivity index is 0.00000141. The van der Waals surface area contributed by atoms with Crippen LogP contribution in [-0.4, -0.2) is 48.9 Å². The normalized spacial score (nSPS) is 20.2. The summed E-state index contributed by atoms with van der Waals surface area (Å²) in [5.41, 5.74) is 2.65. The van der Waals surface area contributed by atoms with Crippen molar-refractivity contribution in [3.63, 3.8) is 0 Å². The Morgan fingerprint density at radius 2 is 1.89 bits per heavy atom. The zero-order valence-electron chi connectivity index (χ0n) is 20.4. The van der Waals surface area contributed by atoms with E-state index in [4.69, 9.17) is 13.9 Å². The maximum Gasteiger partial charge on any atom is 0.294 e. The van der Waals surface area contributed by atoms with E-state index in [9.17, 15) is 4.79 Å². The van der Waals surface area contributed by atoms with E-state index in [0.717, 1.165) is 16.3 Å². The number of halogens is 1. The van der Waals surface area contributed by atoms with Crippen molar-refractivity contribution < 1.29 is 18.7 Å². The van der Waals surface area contributed by atoms with Crippen molar-refractivity contribution in [1.29, 1.82) is 0 Å². The lowest BCUT2D eigenvalue weighted by molar-refractivity contribution is -0.0980. The predicted octanol–water partition coefficient (Wildman–Crippen LogP) is 5.69. The van der Waals surface area contributed by atoms with E-state index in [1.54, 1.807) is 0 Å². The van der Waals surface area contributed by atoms with Gasteiger partial charge in [-0.1, -0.05) is 53.0 Å². The van der Waals surface area contributed by atoms with Crippen molar-refractivity contribution >= 4 is 39.6 Å². The molecule has 3 aromatic rings. The van der Waals surface area contributed by atoms with E-state index in [-0.39, 0.29) is 5.91 Å². The number of nitrogens with one attached hydrogen (secondary N) is 1. The number of para-hydroxylation sites is 1. The predicted molar refractivity (Wildman–Crippen MR) is 141 cm³/mol. The summed E-state index contributed by atoms with van der Waals surface area (Å²) in [6.07, 6.45) is 5.72. The van der Waals surface area contributed by atoms with Gasteiger partial charge in [-0.3, -0.25) is 4.79 Å². The highest BCUT2D eigenvalue weighted by Crippen LogP contribution is 2.38. The van der Waals surface area contributed by atoms with Crippen molar-refractivity contribution in [2.45, 2.75) is 57.5 Å². The lowest BCUT2D eigenvalue weighted by Gasteiger charge is -2.40. The molecule has 1 fully saturated rings. The summed E-state index contributed by atoms with van der Waals surface area (Å²) in [6, 6.07) is 14.5. The third-order valence-corrected chi connectivity index (χ3v) is 8.14. The van der Waals surface area contributed by atoms with Gasteiger partial charge in [0.2, 0.25) is 5.76 Å². The zero-order chi connectivity index (χ0) is 25.0. The van der Waals surface area contributed by atoms with Crippen LogP contribution in [-0.2, 0) is 11.2 Å². The maximum absolute atomic E-state index is 13.9.